The number of hydrogen-bond acceptors (Lipinski definition) is 4. The molecule has 2 aromatic carbocycles. The zero-order valence-corrected chi connectivity index (χ0v) is 18.5. The maximum absolute atomic E-state index is 9.15. The van der Waals surface area contributed by atoms with E-state index in [2.05, 4.69) is 10.6 Å². The van der Waals surface area contributed by atoms with Crippen LogP contribution in [0, 0.1) is 0 Å². The number of phenols is 1. The number of hydrogen-bond donors (Lipinski definition) is 4. The van der Waals surface area contributed by atoms with Gasteiger partial charge in [0.15, 0.2) is 0 Å². The first-order valence-electron chi connectivity index (χ1n) is 5.86. The first kappa shape index (κ1) is 26.5. The molecule has 126 valence electrons. The smallest absolute Gasteiger partial charge is 0.115 e. The maximum Gasteiger partial charge on any atom is 0.115 e. The molecule has 5 N–H and O–H groups in total. The second-order valence-electron chi connectivity index (χ2n) is 4.02. The van der Waals surface area contributed by atoms with Crippen molar-refractivity contribution < 1.29 is 5.11 Å². The lowest BCUT2D eigenvalue weighted by Crippen LogP contribution is -2.13. The van der Waals surface area contributed by atoms with E-state index in [0.717, 1.165) is 30.2 Å². The minimum absolute atomic E-state index is 0. The van der Waals surface area contributed by atoms with Crippen LogP contribution in [-0.2, 0) is 0 Å². The van der Waals surface area contributed by atoms with Gasteiger partial charge in [-0.1, -0.05) is 0 Å². The third-order valence-corrected chi connectivity index (χ3v) is 2.56. The molecular weight excluding hydrogens is 546 g/mol. The molecule has 2 rings (SSSR count). The topological polar surface area (TPSA) is 70.3 Å². The summed E-state index contributed by atoms with van der Waals surface area (Å²) in [4.78, 5) is 0. The van der Waals surface area contributed by atoms with E-state index in [0.29, 0.717) is 0 Å². The Labute approximate surface area is 173 Å². The molecule has 22 heavy (non-hydrogen) atoms. The highest BCUT2D eigenvalue weighted by Gasteiger charge is 1.93. The molecule has 2 aromatic rings. The average Bonchev–Trinajstić information content (AvgIpc) is 2.39. The number of phenolic OH excluding ortho intramolecular Hbond substituents is 1. The summed E-state index contributed by atoms with van der Waals surface area (Å²) in [5.41, 5.74) is 8.42. The lowest BCUT2D eigenvalue weighted by Gasteiger charge is -2.09. The van der Waals surface area contributed by atoms with Crippen LogP contribution in [0.3, 0.4) is 0 Å². The van der Waals surface area contributed by atoms with Crippen molar-refractivity contribution in [2.75, 3.05) is 29.5 Å². The Morgan fingerprint density at radius 1 is 0.682 bits per heavy atom. The van der Waals surface area contributed by atoms with Crippen LogP contribution in [-0.4, -0.2) is 18.2 Å². The maximum atomic E-state index is 9.15. The van der Waals surface area contributed by atoms with Gasteiger partial charge in [0.25, 0.3) is 0 Å². The number of anilines is 3. The Morgan fingerprint density at radius 2 is 1.05 bits per heavy atom. The molecule has 0 aromatic heterocycles. The van der Waals surface area contributed by atoms with E-state index < -0.39 is 0 Å². The van der Waals surface area contributed by atoms with E-state index in [1.165, 1.54) is 0 Å². The Morgan fingerprint density at radius 3 is 1.45 bits per heavy atom. The fraction of sp³-hybridized carbons (Fsp3) is 0.143. The summed E-state index contributed by atoms with van der Waals surface area (Å²) >= 11 is 0. The molecule has 0 spiro atoms. The van der Waals surface area contributed by atoms with E-state index >= 15 is 0 Å². The fourth-order valence-electron chi connectivity index (χ4n) is 1.59. The van der Waals surface area contributed by atoms with Gasteiger partial charge in [0, 0.05) is 30.2 Å². The Balaban J connectivity index is -0.000000902. The van der Waals surface area contributed by atoms with Crippen molar-refractivity contribution in [2.24, 2.45) is 0 Å². The van der Waals surface area contributed by atoms with E-state index in [4.69, 9.17) is 10.8 Å². The van der Waals surface area contributed by atoms with Crippen molar-refractivity contribution in [1.82, 2.24) is 0 Å². The highest BCUT2D eigenvalue weighted by atomic mass is 79.9. The van der Waals surface area contributed by atoms with E-state index in [1.807, 2.05) is 36.4 Å². The summed E-state index contributed by atoms with van der Waals surface area (Å²) in [5, 5.41) is 15.7. The first-order chi connectivity index (χ1) is 8.74. The average molecular weight is 567 g/mol. The number of nitrogens with one attached hydrogen (secondary N) is 2. The van der Waals surface area contributed by atoms with Crippen LogP contribution in [0.25, 0.3) is 0 Å². The van der Waals surface area contributed by atoms with Gasteiger partial charge in [0.1, 0.15) is 5.75 Å². The molecule has 0 saturated heterocycles. The molecule has 4 nitrogen and oxygen atoms in total. The molecule has 0 amide bonds. The van der Waals surface area contributed by atoms with E-state index in [1.54, 1.807) is 12.1 Å². The molecule has 0 heterocycles. The van der Waals surface area contributed by atoms with Crippen LogP contribution in [0.2, 0.25) is 0 Å². The summed E-state index contributed by atoms with van der Waals surface area (Å²) in [5.74, 6) is 0.278. The van der Waals surface area contributed by atoms with Gasteiger partial charge in [-0.3, -0.25) is 0 Å². The van der Waals surface area contributed by atoms with Crippen molar-refractivity contribution in [3.63, 3.8) is 0 Å². The first-order valence-corrected chi connectivity index (χ1v) is 5.86. The van der Waals surface area contributed by atoms with Crippen LogP contribution in [0.1, 0.15) is 0 Å². The molecule has 0 aliphatic rings. The van der Waals surface area contributed by atoms with Gasteiger partial charge < -0.3 is 21.5 Å². The Hall–Kier alpha value is -0.440. The number of benzene rings is 2. The molecular formula is C14H21Br4N3O. The minimum Gasteiger partial charge on any atom is -0.508 e. The SMILES string of the molecule is Br.Br.Br.Br.Nc1ccc(NCCNc2ccc(O)cc2)cc1. The van der Waals surface area contributed by atoms with Gasteiger partial charge in [-0.05, 0) is 48.5 Å². The van der Waals surface area contributed by atoms with E-state index in [9.17, 15) is 0 Å². The Kier molecular flexibility index (Phi) is 17.0. The van der Waals surface area contributed by atoms with Gasteiger partial charge in [-0.15, -0.1) is 67.9 Å². The Bertz CT molecular complexity index is 447. The van der Waals surface area contributed by atoms with Crippen LogP contribution in [0.4, 0.5) is 17.1 Å². The molecule has 0 bridgehead atoms. The van der Waals surface area contributed by atoms with Crippen molar-refractivity contribution >= 4 is 85.0 Å². The summed E-state index contributed by atoms with van der Waals surface area (Å²) in [6.07, 6.45) is 0. The van der Waals surface area contributed by atoms with Gasteiger partial charge >= 0.3 is 0 Å². The van der Waals surface area contributed by atoms with Gasteiger partial charge in [0.05, 0.1) is 0 Å². The molecule has 0 fully saturated rings. The number of nitrogen functional groups attached to an aromatic ring is 1. The van der Waals surface area contributed by atoms with Crippen LogP contribution >= 0.6 is 67.9 Å². The van der Waals surface area contributed by atoms with Crippen molar-refractivity contribution in [3.8, 4) is 5.75 Å². The number of rotatable bonds is 5. The molecule has 0 unspecified atom stereocenters. The standard InChI is InChI=1S/C14H17N3O.4BrH/c15-11-1-3-12(4-2-11)16-9-10-17-13-5-7-14(18)8-6-13;;;;/h1-8,16-18H,9-10,15H2;4*1H. The third-order valence-electron chi connectivity index (χ3n) is 2.56. The summed E-state index contributed by atoms with van der Waals surface area (Å²) in [7, 11) is 0. The molecule has 0 saturated carbocycles. The molecule has 0 atom stereocenters. The largest absolute Gasteiger partial charge is 0.508 e. The molecule has 8 heteroatoms. The van der Waals surface area contributed by atoms with E-state index in [-0.39, 0.29) is 73.7 Å². The number of aromatic hydroxyl groups is 1. The van der Waals surface area contributed by atoms with Gasteiger partial charge in [0.2, 0.25) is 0 Å². The summed E-state index contributed by atoms with van der Waals surface area (Å²) in [6.45, 7) is 1.61. The quantitative estimate of drug-likeness (QED) is 0.238. The summed E-state index contributed by atoms with van der Waals surface area (Å²) < 4.78 is 0. The molecule has 0 radical (unpaired) electrons. The zero-order chi connectivity index (χ0) is 12.8. The molecule has 0 aliphatic heterocycles. The lowest BCUT2D eigenvalue weighted by molar-refractivity contribution is 0.475. The second kappa shape index (κ2) is 14.2. The van der Waals surface area contributed by atoms with Gasteiger partial charge in [-0.2, -0.15) is 0 Å². The van der Waals surface area contributed by atoms with Crippen molar-refractivity contribution in [3.05, 3.63) is 48.5 Å². The third kappa shape index (κ3) is 9.55. The van der Waals surface area contributed by atoms with Crippen LogP contribution in [0.5, 0.6) is 5.75 Å². The predicted octanol–water partition coefficient (Wildman–Crippen LogP) is 4.81. The summed E-state index contributed by atoms with van der Waals surface area (Å²) in [6, 6.07) is 14.7. The van der Waals surface area contributed by atoms with Crippen molar-refractivity contribution in [1.29, 1.82) is 0 Å². The monoisotopic (exact) mass is 563 g/mol. The zero-order valence-electron chi connectivity index (χ0n) is 11.7. The molecule has 0 aliphatic carbocycles. The number of halogens is 4. The lowest BCUT2D eigenvalue weighted by atomic mass is 10.3. The van der Waals surface area contributed by atoms with Crippen LogP contribution in [0.15, 0.2) is 48.5 Å². The van der Waals surface area contributed by atoms with Gasteiger partial charge in [-0.25, -0.2) is 0 Å². The second-order valence-corrected chi connectivity index (χ2v) is 4.02. The van der Waals surface area contributed by atoms with Crippen LogP contribution < -0.4 is 16.4 Å². The minimum atomic E-state index is 0. The normalized spacial score (nSPS) is 8.18. The fourth-order valence-corrected chi connectivity index (χ4v) is 1.59. The number of nitrogens with two attached hydrogens (primary N) is 1. The predicted molar refractivity (Wildman–Crippen MR) is 117 cm³/mol. The highest BCUT2D eigenvalue weighted by Crippen LogP contribution is 2.13. The highest BCUT2D eigenvalue weighted by molar-refractivity contribution is 8.93. The van der Waals surface area contributed by atoms with Crippen molar-refractivity contribution in [2.45, 2.75) is 0 Å².